The Labute approximate surface area is 87.2 Å². The molecule has 2 N–H and O–H groups in total. The second-order valence-electron chi connectivity index (χ2n) is 2.58. The van der Waals surface area contributed by atoms with Crippen LogP contribution >= 0.6 is 11.6 Å². The second kappa shape index (κ2) is 5.59. The van der Waals surface area contributed by atoms with E-state index in [4.69, 9.17) is 11.6 Å². The molecule has 0 aliphatic heterocycles. The average Bonchev–Trinajstić information content (AvgIpc) is 2.18. The molecule has 0 unspecified atom stereocenters. The SMILES string of the molecule is CONCC(=O)Nc1ccc(Cl)cc1. The molecule has 0 atom stereocenters. The van der Waals surface area contributed by atoms with E-state index in [1.807, 2.05) is 0 Å². The normalized spacial score (nSPS) is 9.86. The van der Waals surface area contributed by atoms with E-state index in [9.17, 15) is 4.79 Å². The predicted octanol–water partition coefficient (Wildman–Crippen LogP) is 1.43. The Balaban J connectivity index is 2.44. The highest BCUT2D eigenvalue weighted by Crippen LogP contribution is 2.12. The number of amides is 1. The summed E-state index contributed by atoms with van der Waals surface area (Å²) in [7, 11) is 1.45. The lowest BCUT2D eigenvalue weighted by molar-refractivity contribution is -0.117. The van der Waals surface area contributed by atoms with Crippen molar-refractivity contribution < 1.29 is 9.63 Å². The first-order valence-electron chi connectivity index (χ1n) is 4.03. The highest BCUT2D eigenvalue weighted by atomic mass is 35.5. The lowest BCUT2D eigenvalue weighted by Crippen LogP contribution is -2.27. The van der Waals surface area contributed by atoms with Crippen LogP contribution in [0.4, 0.5) is 5.69 Å². The largest absolute Gasteiger partial charge is 0.325 e. The van der Waals surface area contributed by atoms with Crippen molar-refractivity contribution in [2.45, 2.75) is 0 Å². The first-order chi connectivity index (χ1) is 6.72. The van der Waals surface area contributed by atoms with Gasteiger partial charge >= 0.3 is 0 Å². The summed E-state index contributed by atoms with van der Waals surface area (Å²) in [5.74, 6) is -0.172. The van der Waals surface area contributed by atoms with Crippen molar-refractivity contribution in [1.29, 1.82) is 0 Å². The van der Waals surface area contributed by atoms with Gasteiger partial charge in [-0.3, -0.25) is 4.79 Å². The maximum absolute atomic E-state index is 11.2. The van der Waals surface area contributed by atoms with Gasteiger partial charge in [0.15, 0.2) is 0 Å². The van der Waals surface area contributed by atoms with E-state index in [0.717, 1.165) is 0 Å². The number of nitrogens with one attached hydrogen (secondary N) is 2. The third-order valence-corrected chi connectivity index (χ3v) is 1.76. The summed E-state index contributed by atoms with van der Waals surface area (Å²) in [6.45, 7) is 0.110. The number of hydroxylamine groups is 1. The van der Waals surface area contributed by atoms with E-state index >= 15 is 0 Å². The van der Waals surface area contributed by atoms with Gasteiger partial charge in [0, 0.05) is 10.7 Å². The number of hydrogen-bond acceptors (Lipinski definition) is 3. The number of carbonyl (C=O) groups is 1. The number of benzene rings is 1. The van der Waals surface area contributed by atoms with Crippen molar-refractivity contribution in [1.82, 2.24) is 5.48 Å². The maximum Gasteiger partial charge on any atom is 0.240 e. The van der Waals surface area contributed by atoms with Crippen molar-refractivity contribution >= 4 is 23.2 Å². The van der Waals surface area contributed by atoms with Crippen LogP contribution in [0.25, 0.3) is 0 Å². The fourth-order valence-electron chi connectivity index (χ4n) is 0.876. The van der Waals surface area contributed by atoms with E-state index in [-0.39, 0.29) is 12.5 Å². The molecule has 0 aromatic heterocycles. The molecule has 0 saturated heterocycles. The van der Waals surface area contributed by atoms with E-state index in [2.05, 4.69) is 15.6 Å². The van der Waals surface area contributed by atoms with Crippen LogP contribution in [-0.4, -0.2) is 19.6 Å². The van der Waals surface area contributed by atoms with Crippen LogP contribution in [0.3, 0.4) is 0 Å². The summed E-state index contributed by atoms with van der Waals surface area (Å²) in [5, 5.41) is 3.30. The molecule has 0 bridgehead atoms. The summed E-state index contributed by atoms with van der Waals surface area (Å²) < 4.78 is 0. The van der Waals surface area contributed by atoms with Crippen LogP contribution in [0.2, 0.25) is 5.02 Å². The molecule has 0 fully saturated rings. The molecule has 0 aliphatic rings. The molecule has 0 aliphatic carbocycles. The number of halogens is 1. The Hall–Kier alpha value is -1.10. The summed E-state index contributed by atoms with van der Waals surface area (Å²) in [5.41, 5.74) is 3.15. The molecule has 76 valence electrons. The fourth-order valence-corrected chi connectivity index (χ4v) is 1.00. The second-order valence-corrected chi connectivity index (χ2v) is 3.02. The van der Waals surface area contributed by atoms with Crippen LogP contribution in [0, 0.1) is 0 Å². The standard InChI is InChI=1S/C9H11ClN2O2/c1-14-11-6-9(13)12-8-4-2-7(10)3-5-8/h2-5,11H,6H2,1H3,(H,12,13). The Kier molecular flexibility index (Phi) is 4.39. The van der Waals surface area contributed by atoms with Crippen LogP contribution in [0.15, 0.2) is 24.3 Å². The summed E-state index contributed by atoms with van der Waals surface area (Å²) in [6.07, 6.45) is 0. The quantitative estimate of drug-likeness (QED) is 0.746. The van der Waals surface area contributed by atoms with Crippen LogP contribution in [-0.2, 0) is 9.63 Å². The molecule has 1 rings (SSSR count). The van der Waals surface area contributed by atoms with Gasteiger partial charge in [-0.1, -0.05) is 11.6 Å². The molecular weight excluding hydrogens is 204 g/mol. The first kappa shape index (κ1) is 11.0. The molecular formula is C9H11ClN2O2. The molecule has 0 heterocycles. The topological polar surface area (TPSA) is 50.4 Å². The van der Waals surface area contributed by atoms with Crippen molar-refractivity contribution in [2.24, 2.45) is 0 Å². The number of rotatable bonds is 4. The Bertz CT molecular complexity index is 300. The van der Waals surface area contributed by atoms with E-state index < -0.39 is 0 Å². The van der Waals surface area contributed by atoms with Crippen molar-refractivity contribution in [2.75, 3.05) is 19.0 Å². The monoisotopic (exact) mass is 214 g/mol. The minimum atomic E-state index is -0.172. The third kappa shape index (κ3) is 3.74. The Morgan fingerprint density at radius 1 is 1.43 bits per heavy atom. The first-order valence-corrected chi connectivity index (χ1v) is 4.41. The Morgan fingerprint density at radius 3 is 2.64 bits per heavy atom. The van der Waals surface area contributed by atoms with Gasteiger partial charge in [-0.05, 0) is 24.3 Å². The molecule has 14 heavy (non-hydrogen) atoms. The summed E-state index contributed by atoms with van der Waals surface area (Å²) in [6, 6.07) is 6.88. The molecule has 5 heteroatoms. The molecule has 1 aromatic carbocycles. The summed E-state index contributed by atoms with van der Waals surface area (Å²) >= 11 is 5.69. The smallest absolute Gasteiger partial charge is 0.240 e. The van der Waals surface area contributed by atoms with Gasteiger partial charge in [0.25, 0.3) is 0 Å². The van der Waals surface area contributed by atoms with Gasteiger partial charge in [-0.2, -0.15) is 5.48 Å². The third-order valence-electron chi connectivity index (χ3n) is 1.51. The lowest BCUT2D eigenvalue weighted by Gasteiger charge is -2.04. The van der Waals surface area contributed by atoms with Gasteiger partial charge in [-0.25, -0.2) is 0 Å². The molecule has 0 saturated carbocycles. The highest BCUT2D eigenvalue weighted by molar-refractivity contribution is 6.30. The zero-order valence-electron chi connectivity index (χ0n) is 7.71. The minimum absolute atomic E-state index is 0.110. The molecule has 1 amide bonds. The van der Waals surface area contributed by atoms with E-state index in [1.165, 1.54) is 7.11 Å². The summed E-state index contributed by atoms with van der Waals surface area (Å²) in [4.78, 5) is 15.7. The van der Waals surface area contributed by atoms with Gasteiger partial charge in [0.1, 0.15) is 6.54 Å². The van der Waals surface area contributed by atoms with Crippen molar-refractivity contribution in [3.8, 4) is 0 Å². The van der Waals surface area contributed by atoms with Crippen molar-refractivity contribution in [3.63, 3.8) is 0 Å². The van der Waals surface area contributed by atoms with E-state index in [0.29, 0.717) is 10.7 Å². The minimum Gasteiger partial charge on any atom is -0.325 e. The number of anilines is 1. The van der Waals surface area contributed by atoms with Crippen LogP contribution in [0.5, 0.6) is 0 Å². The Morgan fingerprint density at radius 2 is 2.07 bits per heavy atom. The van der Waals surface area contributed by atoms with Gasteiger partial charge in [0.05, 0.1) is 7.11 Å². The van der Waals surface area contributed by atoms with Gasteiger partial charge in [0.2, 0.25) is 5.91 Å². The predicted molar refractivity (Wildman–Crippen MR) is 55.1 cm³/mol. The zero-order valence-corrected chi connectivity index (χ0v) is 8.47. The van der Waals surface area contributed by atoms with Crippen LogP contribution in [0.1, 0.15) is 0 Å². The van der Waals surface area contributed by atoms with Crippen molar-refractivity contribution in [3.05, 3.63) is 29.3 Å². The molecule has 1 aromatic rings. The van der Waals surface area contributed by atoms with Gasteiger partial charge < -0.3 is 10.2 Å². The lowest BCUT2D eigenvalue weighted by atomic mass is 10.3. The number of carbonyl (C=O) groups excluding carboxylic acids is 1. The van der Waals surface area contributed by atoms with Crippen LogP contribution < -0.4 is 10.8 Å². The maximum atomic E-state index is 11.2. The van der Waals surface area contributed by atoms with E-state index in [1.54, 1.807) is 24.3 Å². The molecule has 0 radical (unpaired) electrons. The molecule has 4 nitrogen and oxygen atoms in total. The van der Waals surface area contributed by atoms with Gasteiger partial charge in [-0.15, -0.1) is 0 Å². The average molecular weight is 215 g/mol. The zero-order chi connectivity index (χ0) is 10.4. The fraction of sp³-hybridized carbons (Fsp3) is 0.222. The molecule has 0 spiro atoms. The highest BCUT2D eigenvalue weighted by Gasteiger charge is 2.00. The number of hydrogen-bond donors (Lipinski definition) is 2.